The van der Waals surface area contributed by atoms with Crippen LogP contribution in [0.4, 0.5) is 28.7 Å². The average Bonchev–Trinajstić information content (AvgIpc) is 2.74. The first-order chi connectivity index (χ1) is 14.5. The van der Waals surface area contributed by atoms with Gasteiger partial charge < -0.3 is 20.1 Å². The van der Waals surface area contributed by atoms with Gasteiger partial charge >= 0.3 is 11.7 Å². The van der Waals surface area contributed by atoms with Gasteiger partial charge in [-0.05, 0) is 37.3 Å². The van der Waals surface area contributed by atoms with Gasteiger partial charge in [-0.1, -0.05) is 12.1 Å². The lowest BCUT2D eigenvalue weighted by Crippen LogP contribution is -2.07. The van der Waals surface area contributed by atoms with E-state index < -0.39 is 10.9 Å². The van der Waals surface area contributed by atoms with E-state index in [9.17, 15) is 14.9 Å². The molecule has 2 aromatic carbocycles. The van der Waals surface area contributed by atoms with Crippen LogP contribution in [0.3, 0.4) is 0 Å². The Balaban J connectivity index is 1.92. The average molecular weight is 409 g/mol. The Morgan fingerprint density at radius 2 is 1.70 bits per heavy atom. The smallest absolute Gasteiger partial charge is 0.353 e. The van der Waals surface area contributed by atoms with Crippen molar-refractivity contribution in [2.75, 3.05) is 24.4 Å². The maximum absolute atomic E-state index is 11.9. The lowest BCUT2D eigenvalue weighted by molar-refractivity contribution is -0.383. The van der Waals surface area contributed by atoms with Crippen molar-refractivity contribution in [3.8, 4) is 5.75 Å². The fourth-order valence-corrected chi connectivity index (χ4v) is 2.65. The first kappa shape index (κ1) is 20.5. The van der Waals surface area contributed by atoms with E-state index in [0.29, 0.717) is 22.7 Å². The molecule has 3 rings (SSSR count). The third-order valence-electron chi connectivity index (χ3n) is 3.97. The molecule has 0 saturated carbocycles. The molecule has 30 heavy (non-hydrogen) atoms. The molecule has 0 aliphatic carbocycles. The third-order valence-corrected chi connectivity index (χ3v) is 3.97. The van der Waals surface area contributed by atoms with Crippen molar-refractivity contribution < 1.29 is 19.2 Å². The van der Waals surface area contributed by atoms with Crippen molar-refractivity contribution in [1.82, 2.24) is 9.97 Å². The number of hydrogen-bond donors (Lipinski definition) is 2. The number of nitrogens with zero attached hydrogens (tertiary/aromatic N) is 3. The summed E-state index contributed by atoms with van der Waals surface area (Å²) in [5.74, 6) is 0.0817. The van der Waals surface area contributed by atoms with Gasteiger partial charge in [-0.3, -0.25) is 10.1 Å². The molecule has 0 aliphatic rings. The van der Waals surface area contributed by atoms with Crippen LogP contribution in [0.15, 0.2) is 54.9 Å². The molecule has 0 aliphatic heterocycles. The number of ether oxygens (including phenoxy) is 2. The zero-order valence-electron chi connectivity index (χ0n) is 16.3. The zero-order valence-corrected chi connectivity index (χ0v) is 16.3. The Kier molecular flexibility index (Phi) is 6.38. The van der Waals surface area contributed by atoms with Crippen molar-refractivity contribution in [1.29, 1.82) is 0 Å². The quantitative estimate of drug-likeness (QED) is 0.321. The van der Waals surface area contributed by atoms with E-state index >= 15 is 0 Å². The second kappa shape index (κ2) is 9.32. The number of carbonyl (C=O) groups is 1. The molecule has 10 nitrogen and oxygen atoms in total. The molecule has 3 aromatic rings. The Morgan fingerprint density at radius 1 is 1.07 bits per heavy atom. The molecular weight excluding hydrogens is 390 g/mol. The van der Waals surface area contributed by atoms with Crippen LogP contribution in [-0.4, -0.2) is 34.6 Å². The normalized spacial score (nSPS) is 10.2. The van der Waals surface area contributed by atoms with E-state index in [0.717, 1.165) is 0 Å². The minimum atomic E-state index is -0.583. The van der Waals surface area contributed by atoms with Gasteiger partial charge in [-0.2, -0.15) is 0 Å². The van der Waals surface area contributed by atoms with E-state index in [1.165, 1.54) is 19.5 Å². The predicted octanol–water partition coefficient (Wildman–Crippen LogP) is 4.06. The van der Waals surface area contributed by atoms with Gasteiger partial charge in [0.1, 0.15) is 12.1 Å². The van der Waals surface area contributed by atoms with Gasteiger partial charge in [0.25, 0.3) is 0 Å². The number of rotatable bonds is 8. The van der Waals surface area contributed by atoms with Gasteiger partial charge in [-0.15, -0.1) is 0 Å². The summed E-state index contributed by atoms with van der Waals surface area (Å²) in [6.45, 7) is 1.95. The molecule has 0 unspecified atom stereocenters. The zero-order chi connectivity index (χ0) is 21.5. The van der Waals surface area contributed by atoms with Crippen LogP contribution in [-0.2, 0) is 4.74 Å². The fraction of sp³-hybridized carbons (Fsp3) is 0.150. The second-order valence-electron chi connectivity index (χ2n) is 5.96. The molecule has 0 amide bonds. The van der Waals surface area contributed by atoms with Gasteiger partial charge in [0.2, 0.25) is 11.6 Å². The van der Waals surface area contributed by atoms with Crippen molar-refractivity contribution in [3.63, 3.8) is 0 Å². The number of nitro groups is 1. The van der Waals surface area contributed by atoms with Crippen molar-refractivity contribution in [2.24, 2.45) is 0 Å². The lowest BCUT2D eigenvalue weighted by atomic mass is 10.2. The number of carbonyl (C=O) groups excluding carboxylic acids is 1. The molecule has 0 spiro atoms. The molecule has 10 heteroatoms. The first-order valence-electron chi connectivity index (χ1n) is 8.96. The van der Waals surface area contributed by atoms with Crippen LogP contribution in [0, 0.1) is 10.1 Å². The molecule has 0 fully saturated rings. The summed E-state index contributed by atoms with van der Waals surface area (Å²) >= 11 is 0. The van der Waals surface area contributed by atoms with Crippen LogP contribution in [0.1, 0.15) is 17.3 Å². The van der Waals surface area contributed by atoms with E-state index in [2.05, 4.69) is 20.6 Å². The largest absolute Gasteiger partial charge is 0.497 e. The van der Waals surface area contributed by atoms with Crippen LogP contribution in [0.25, 0.3) is 0 Å². The van der Waals surface area contributed by atoms with Crippen molar-refractivity contribution >= 4 is 34.7 Å². The molecule has 1 heterocycles. The van der Waals surface area contributed by atoms with Gasteiger partial charge in [-0.25, -0.2) is 14.8 Å². The summed E-state index contributed by atoms with van der Waals surface area (Å²) in [4.78, 5) is 31.1. The molecule has 2 N–H and O–H groups in total. The van der Waals surface area contributed by atoms with E-state index in [4.69, 9.17) is 9.47 Å². The maximum Gasteiger partial charge on any atom is 0.353 e. The number of methoxy groups -OCH3 is 1. The number of nitrogens with one attached hydrogen (secondary N) is 2. The van der Waals surface area contributed by atoms with E-state index in [1.807, 2.05) is 0 Å². The van der Waals surface area contributed by atoms with Crippen molar-refractivity contribution in [3.05, 3.63) is 70.5 Å². The maximum atomic E-state index is 11.9. The number of anilines is 4. The van der Waals surface area contributed by atoms with Crippen LogP contribution < -0.4 is 15.4 Å². The number of hydrogen-bond acceptors (Lipinski definition) is 9. The van der Waals surface area contributed by atoms with Crippen LogP contribution in [0.2, 0.25) is 0 Å². The summed E-state index contributed by atoms with van der Waals surface area (Å²) in [6, 6.07) is 13.3. The highest BCUT2D eigenvalue weighted by Gasteiger charge is 2.23. The molecule has 0 saturated heterocycles. The minimum Gasteiger partial charge on any atom is -0.497 e. The molecule has 0 atom stereocenters. The van der Waals surface area contributed by atoms with Gasteiger partial charge in [0.05, 0.1) is 24.2 Å². The highest BCUT2D eigenvalue weighted by Crippen LogP contribution is 2.33. The topological polar surface area (TPSA) is 129 Å². The van der Waals surface area contributed by atoms with E-state index in [1.54, 1.807) is 49.4 Å². The number of benzene rings is 2. The lowest BCUT2D eigenvalue weighted by Gasteiger charge is -2.11. The molecule has 0 radical (unpaired) electrons. The Bertz CT molecular complexity index is 1070. The SMILES string of the molecule is CCOC(=O)c1cccc(Nc2ncnc(Nc3cccc(OC)c3)c2[N+](=O)[O-])c1. The monoisotopic (exact) mass is 409 g/mol. The van der Waals surface area contributed by atoms with Gasteiger partial charge in [0, 0.05) is 17.4 Å². The summed E-state index contributed by atoms with van der Waals surface area (Å²) in [5.41, 5.74) is 0.969. The molecule has 154 valence electrons. The highest BCUT2D eigenvalue weighted by atomic mass is 16.6. The Labute approximate surface area is 172 Å². The van der Waals surface area contributed by atoms with E-state index in [-0.39, 0.29) is 23.9 Å². The summed E-state index contributed by atoms with van der Waals surface area (Å²) in [7, 11) is 1.53. The van der Waals surface area contributed by atoms with Crippen LogP contribution in [0.5, 0.6) is 5.75 Å². The molecular formula is C20H19N5O5. The van der Waals surface area contributed by atoms with Gasteiger partial charge in [0.15, 0.2) is 0 Å². The Morgan fingerprint density at radius 3 is 2.30 bits per heavy atom. The summed E-state index contributed by atoms with van der Waals surface area (Å²) in [5, 5.41) is 17.5. The van der Waals surface area contributed by atoms with Crippen molar-refractivity contribution in [2.45, 2.75) is 6.92 Å². The predicted molar refractivity (Wildman–Crippen MR) is 111 cm³/mol. The second-order valence-corrected chi connectivity index (χ2v) is 5.96. The standard InChI is InChI=1S/C20H19N5O5/c1-3-30-20(26)13-6-4-7-14(10-13)23-18-17(25(27)28)19(22-12-21-18)24-15-8-5-9-16(11-15)29-2/h4-12H,3H2,1-2H3,(H2,21,22,23,24). The molecule has 1 aromatic heterocycles. The third kappa shape index (κ3) is 4.79. The fourth-order valence-electron chi connectivity index (χ4n) is 2.65. The number of esters is 1. The summed E-state index contributed by atoms with van der Waals surface area (Å²) < 4.78 is 10.1. The minimum absolute atomic E-state index is 0.00676. The first-order valence-corrected chi connectivity index (χ1v) is 8.96. The summed E-state index contributed by atoms with van der Waals surface area (Å²) in [6.07, 6.45) is 1.20. The highest BCUT2D eigenvalue weighted by molar-refractivity contribution is 5.91. The Hall–Kier alpha value is -4.21. The van der Waals surface area contributed by atoms with Crippen LogP contribution >= 0.6 is 0 Å². The molecule has 0 bridgehead atoms. The number of aromatic nitrogens is 2.